The van der Waals surface area contributed by atoms with Gasteiger partial charge in [-0.2, -0.15) is 0 Å². The molecule has 0 aromatic heterocycles. The van der Waals surface area contributed by atoms with Crippen LogP contribution in [0.1, 0.15) is 0 Å². The van der Waals surface area contributed by atoms with Crippen LogP contribution >= 0.6 is 11.6 Å². The molecule has 0 saturated carbocycles. The highest BCUT2D eigenvalue weighted by Crippen LogP contribution is 2.31. The van der Waals surface area contributed by atoms with Crippen LogP contribution in [0.2, 0.25) is 5.02 Å². The molecule has 0 amide bonds. The molecule has 0 atom stereocenters. The van der Waals surface area contributed by atoms with Crippen LogP contribution in [0.4, 0.5) is 10.1 Å². The van der Waals surface area contributed by atoms with Crippen LogP contribution in [0.5, 0.6) is 11.5 Å². The van der Waals surface area contributed by atoms with Gasteiger partial charge in [0.05, 0.1) is 19.9 Å². The molecule has 22 heavy (non-hydrogen) atoms. The van der Waals surface area contributed by atoms with Crippen molar-refractivity contribution < 1.29 is 22.3 Å². The van der Waals surface area contributed by atoms with Crippen molar-refractivity contribution in [2.24, 2.45) is 0 Å². The zero-order valence-corrected chi connectivity index (χ0v) is 13.3. The molecule has 0 bridgehead atoms. The maximum Gasteiger partial charge on any atom is 0.264 e. The minimum Gasteiger partial charge on any atom is -0.497 e. The number of nitrogens with one attached hydrogen (secondary N) is 1. The number of hydrogen-bond acceptors (Lipinski definition) is 4. The van der Waals surface area contributed by atoms with Crippen molar-refractivity contribution >= 4 is 27.3 Å². The monoisotopic (exact) mass is 345 g/mol. The molecule has 5 nitrogen and oxygen atoms in total. The summed E-state index contributed by atoms with van der Waals surface area (Å²) >= 11 is 5.73. The minimum absolute atomic E-state index is 0.111. The van der Waals surface area contributed by atoms with Crippen molar-refractivity contribution in [1.29, 1.82) is 0 Å². The number of anilines is 1. The average molecular weight is 346 g/mol. The summed E-state index contributed by atoms with van der Waals surface area (Å²) in [5.74, 6) is -0.212. The van der Waals surface area contributed by atoms with Gasteiger partial charge in [-0.15, -0.1) is 0 Å². The molecule has 2 aromatic carbocycles. The predicted octanol–water partition coefficient (Wildman–Crippen LogP) is 3.30. The van der Waals surface area contributed by atoms with E-state index in [0.29, 0.717) is 5.75 Å². The van der Waals surface area contributed by atoms with E-state index in [-0.39, 0.29) is 16.5 Å². The Bertz CT molecular complexity index is 795. The van der Waals surface area contributed by atoms with E-state index in [1.807, 2.05) is 0 Å². The highest BCUT2D eigenvalue weighted by Gasteiger charge is 2.21. The second-order valence-electron chi connectivity index (χ2n) is 4.25. The normalized spacial score (nSPS) is 11.1. The molecule has 0 aliphatic carbocycles. The molecular weight excluding hydrogens is 333 g/mol. The summed E-state index contributed by atoms with van der Waals surface area (Å²) in [6, 6.07) is 7.86. The smallest absolute Gasteiger partial charge is 0.264 e. The molecule has 0 aliphatic heterocycles. The summed E-state index contributed by atoms with van der Waals surface area (Å²) in [5, 5.41) is 0.111. The number of methoxy groups -OCH3 is 2. The van der Waals surface area contributed by atoms with E-state index in [1.54, 1.807) is 6.07 Å². The van der Waals surface area contributed by atoms with Crippen molar-refractivity contribution in [2.75, 3.05) is 18.9 Å². The number of sulfonamides is 1. The molecule has 0 fully saturated rings. The van der Waals surface area contributed by atoms with Gasteiger partial charge in [0, 0.05) is 11.1 Å². The molecule has 0 saturated heterocycles. The van der Waals surface area contributed by atoms with Crippen LogP contribution in [-0.2, 0) is 10.0 Å². The topological polar surface area (TPSA) is 64.6 Å². The third kappa shape index (κ3) is 3.42. The van der Waals surface area contributed by atoms with Crippen LogP contribution in [0.25, 0.3) is 0 Å². The summed E-state index contributed by atoms with van der Waals surface area (Å²) < 4.78 is 50.8. The molecule has 2 aromatic rings. The minimum atomic E-state index is -4.17. The Morgan fingerprint density at radius 2 is 1.82 bits per heavy atom. The van der Waals surface area contributed by atoms with E-state index in [1.165, 1.54) is 32.4 Å². The molecule has 0 radical (unpaired) electrons. The SMILES string of the molecule is COc1ccc(OC)c(NS(=O)(=O)c2cc(Cl)ccc2F)c1. The Labute approximate surface area is 132 Å². The van der Waals surface area contributed by atoms with E-state index >= 15 is 0 Å². The van der Waals surface area contributed by atoms with Crippen molar-refractivity contribution in [3.63, 3.8) is 0 Å². The van der Waals surface area contributed by atoms with Crippen LogP contribution in [-0.4, -0.2) is 22.6 Å². The summed E-state index contributed by atoms with van der Waals surface area (Å²) in [6.45, 7) is 0. The fourth-order valence-electron chi connectivity index (χ4n) is 1.78. The number of rotatable bonds is 5. The summed E-state index contributed by atoms with van der Waals surface area (Å²) in [4.78, 5) is -0.551. The van der Waals surface area contributed by atoms with Gasteiger partial charge >= 0.3 is 0 Å². The van der Waals surface area contributed by atoms with E-state index in [0.717, 1.165) is 12.1 Å². The van der Waals surface area contributed by atoms with Gasteiger partial charge in [-0.05, 0) is 30.3 Å². The molecule has 8 heteroatoms. The van der Waals surface area contributed by atoms with Crippen LogP contribution in [0.15, 0.2) is 41.3 Å². The van der Waals surface area contributed by atoms with Gasteiger partial charge in [-0.1, -0.05) is 11.6 Å². The van der Waals surface area contributed by atoms with E-state index in [4.69, 9.17) is 21.1 Å². The molecule has 0 spiro atoms. The van der Waals surface area contributed by atoms with Crippen LogP contribution in [0, 0.1) is 5.82 Å². The number of hydrogen-bond donors (Lipinski definition) is 1. The molecule has 0 unspecified atom stereocenters. The number of ether oxygens (including phenoxy) is 2. The highest BCUT2D eigenvalue weighted by atomic mass is 35.5. The van der Waals surface area contributed by atoms with Crippen molar-refractivity contribution in [2.45, 2.75) is 4.90 Å². The standard InChI is InChI=1S/C14H13ClFNO4S/c1-20-10-4-6-13(21-2)12(8-10)17-22(18,19)14-7-9(15)3-5-11(14)16/h3-8,17H,1-2H3. The number of benzene rings is 2. The Balaban J connectivity index is 2.46. The third-order valence-corrected chi connectivity index (χ3v) is 4.45. The molecule has 1 N–H and O–H groups in total. The zero-order chi connectivity index (χ0) is 16.3. The first kappa shape index (κ1) is 16.4. The molecule has 2 rings (SSSR count). The predicted molar refractivity (Wildman–Crippen MR) is 81.8 cm³/mol. The lowest BCUT2D eigenvalue weighted by atomic mass is 10.3. The lowest BCUT2D eigenvalue weighted by molar-refractivity contribution is 0.405. The molecule has 0 aliphatic rings. The Morgan fingerprint density at radius 1 is 1.09 bits per heavy atom. The van der Waals surface area contributed by atoms with Gasteiger partial charge in [0.1, 0.15) is 22.2 Å². The molecule has 118 valence electrons. The van der Waals surface area contributed by atoms with Gasteiger partial charge in [0.2, 0.25) is 0 Å². The van der Waals surface area contributed by atoms with Gasteiger partial charge in [-0.3, -0.25) is 4.72 Å². The third-order valence-electron chi connectivity index (χ3n) is 2.83. The Kier molecular flexibility index (Phi) is 4.77. The Morgan fingerprint density at radius 3 is 2.45 bits per heavy atom. The first-order chi connectivity index (χ1) is 10.4. The lowest BCUT2D eigenvalue weighted by Crippen LogP contribution is -2.15. The maximum atomic E-state index is 13.8. The lowest BCUT2D eigenvalue weighted by Gasteiger charge is -2.13. The van der Waals surface area contributed by atoms with Crippen LogP contribution in [0.3, 0.4) is 0 Å². The Hall–Kier alpha value is -1.99. The van der Waals surface area contributed by atoms with Crippen molar-refractivity contribution in [3.05, 3.63) is 47.2 Å². The van der Waals surface area contributed by atoms with E-state index < -0.39 is 20.7 Å². The summed E-state index contributed by atoms with van der Waals surface area (Å²) in [6.07, 6.45) is 0. The fourth-order valence-corrected chi connectivity index (χ4v) is 3.18. The quantitative estimate of drug-likeness (QED) is 0.903. The fraction of sp³-hybridized carbons (Fsp3) is 0.143. The first-order valence-electron chi connectivity index (χ1n) is 6.07. The van der Waals surface area contributed by atoms with Gasteiger partial charge in [0.25, 0.3) is 10.0 Å². The van der Waals surface area contributed by atoms with Gasteiger partial charge in [0.15, 0.2) is 0 Å². The van der Waals surface area contributed by atoms with Gasteiger partial charge < -0.3 is 9.47 Å². The largest absolute Gasteiger partial charge is 0.497 e. The second-order valence-corrected chi connectivity index (χ2v) is 6.33. The van der Waals surface area contributed by atoms with Crippen LogP contribution < -0.4 is 14.2 Å². The number of halogens is 2. The molecular formula is C14H13ClFNO4S. The molecule has 0 heterocycles. The van der Waals surface area contributed by atoms with Crippen molar-refractivity contribution in [3.8, 4) is 11.5 Å². The average Bonchev–Trinajstić information content (AvgIpc) is 2.49. The van der Waals surface area contributed by atoms with Gasteiger partial charge in [-0.25, -0.2) is 12.8 Å². The summed E-state index contributed by atoms with van der Waals surface area (Å²) in [7, 11) is -1.34. The van der Waals surface area contributed by atoms with E-state index in [2.05, 4.69) is 4.72 Å². The first-order valence-corrected chi connectivity index (χ1v) is 7.93. The zero-order valence-electron chi connectivity index (χ0n) is 11.8. The summed E-state index contributed by atoms with van der Waals surface area (Å²) in [5.41, 5.74) is 0.126. The second kappa shape index (κ2) is 6.41. The highest BCUT2D eigenvalue weighted by molar-refractivity contribution is 7.92. The van der Waals surface area contributed by atoms with Crippen molar-refractivity contribution in [1.82, 2.24) is 0 Å². The maximum absolute atomic E-state index is 13.8. The van der Waals surface area contributed by atoms with E-state index in [9.17, 15) is 12.8 Å².